The zero-order valence-electron chi connectivity index (χ0n) is 9.32. The van der Waals surface area contributed by atoms with E-state index in [9.17, 15) is 14.9 Å². The second kappa shape index (κ2) is 5.25. The third-order valence-electron chi connectivity index (χ3n) is 2.13. The summed E-state index contributed by atoms with van der Waals surface area (Å²) in [4.78, 5) is 21.9. The average molecular weight is 222 g/mol. The number of nitro groups is 1. The summed E-state index contributed by atoms with van der Waals surface area (Å²) in [5.74, 6) is -0.391. The standard InChI is InChI=1S/C11H14N2O3/c1-3-6-12-11(14)9-7-8(2)4-5-10(9)13(15)16/h4-5,7H,3,6H2,1-2H3,(H,12,14). The first-order chi connectivity index (χ1) is 7.56. The minimum Gasteiger partial charge on any atom is -0.352 e. The zero-order chi connectivity index (χ0) is 12.1. The van der Waals surface area contributed by atoms with Crippen LogP contribution in [0.2, 0.25) is 0 Å². The molecular weight excluding hydrogens is 208 g/mol. The average Bonchev–Trinajstić information content (AvgIpc) is 2.25. The van der Waals surface area contributed by atoms with Gasteiger partial charge in [-0.3, -0.25) is 14.9 Å². The molecule has 1 aromatic rings. The highest BCUT2D eigenvalue weighted by Gasteiger charge is 2.19. The summed E-state index contributed by atoms with van der Waals surface area (Å²) in [5, 5.41) is 13.4. The van der Waals surface area contributed by atoms with Crippen molar-refractivity contribution in [2.45, 2.75) is 20.3 Å². The predicted octanol–water partition coefficient (Wildman–Crippen LogP) is 2.04. The molecule has 0 spiro atoms. The van der Waals surface area contributed by atoms with Gasteiger partial charge in [-0.05, 0) is 25.0 Å². The maximum atomic E-state index is 11.7. The molecule has 0 aliphatic rings. The van der Waals surface area contributed by atoms with Crippen LogP contribution >= 0.6 is 0 Å². The summed E-state index contributed by atoms with van der Waals surface area (Å²) in [5.41, 5.74) is 0.796. The van der Waals surface area contributed by atoms with E-state index in [1.54, 1.807) is 13.0 Å². The lowest BCUT2D eigenvalue weighted by atomic mass is 10.1. The Morgan fingerprint density at radius 2 is 2.19 bits per heavy atom. The van der Waals surface area contributed by atoms with Crippen molar-refractivity contribution in [3.8, 4) is 0 Å². The molecule has 0 saturated carbocycles. The summed E-state index contributed by atoms with van der Waals surface area (Å²) < 4.78 is 0. The van der Waals surface area contributed by atoms with Crippen LogP contribution in [-0.4, -0.2) is 17.4 Å². The van der Waals surface area contributed by atoms with Gasteiger partial charge in [0.25, 0.3) is 11.6 Å². The minimum absolute atomic E-state index is 0.124. The Hall–Kier alpha value is -1.91. The molecule has 5 heteroatoms. The Morgan fingerprint density at radius 1 is 1.50 bits per heavy atom. The number of nitro benzene ring substituents is 1. The van der Waals surface area contributed by atoms with Gasteiger partial charge in [-0.15, -0.1) is 0 Å². The zero-order valence-corrected chi connectivity index (χ0v) is 9.32. The summed E-state index contributed by atoms with van der Waals surface area (Å²) in [7, 11) is 0. The maximum absolute atomic E-state index is 11.7. The first-order valence-corrected chi connectivity index (χ1v) is 5.09. The van der Waals surface area contributed by atoms with Crippen molar-refractivity contribution in [1.29, 1.82) is 0 Å². The highest BCUT2D eigenvalue weighted by Crippen LogP contribution is 2.19. The van der Waals surface area contributed by atoms with Crippen molar-refractivity contribution in [3.63, 3.8) is 0 Å². The Bertz CT molecular complexity index is 416. The van der Waals surface area contributed by atoms with E-state index in [-0.39, 0.29) is 11.3 Å². The number of carbonyl (C=O) groups excluding carboxylic acids is 1. The van der Waals surface area contributed by atoms with Gasteiger partial charge in [0.2, 0.25) is 0 Å². The SMILES string of the molecule is CCCNC(=O)c1cc(C)ccc1[N+](=O)[O-]. The molecule has 1 aromatic carbocycles. The number of rotatable bonds is 4. The van der Waals surface area contributed by atoms with Gasteiger partial charge in [-0.2, -0.15) is 0 Å². The van der Waals surface area contributed by atoms with Crippen LogP contribution in [0.3, 0.4) is 0 Å². The molecule has 1 N–H and O–H groups in total. The monoisotopic (exact) mass is 222 g/mol. The van der Waals surface area contributed by atoms with Crippen LogP contribution in [0.4, 0.5) is 5.69 Å². The van der Waals surface area contributed by atoms with Gasteiger partial charge in [0.1, 0.15) is 5.56 Å². The fraction of sp³-hybridized carbons (Fsp3) is 0.364. The van der Waals surface area contributed by atoms with Crippen LogP contribution in [0.15, 0.2) is 18.2 Å². The molecule has 0 atom stereocenters. The van der Waals surface area contributed by atoms with Crippen LogP contribution < -0.4 is 5.32 Å². The van der Waals surface area contributed by atoms with Crippen molar-refractivity contribution in [3.05, 3.63) is 39.4 Å². The molecular formula is C11H14N2O3. The van der Waals surface area contributed by atoms with Crippen LogP contribution in [-0.2, 0) is 0 Å². The Balaban J connectivity index is 3.04. The Morgan fingerprint density at radius 3 is 2.75 bits per heavy atom. The quantitative estimate of drug-likeness (QED) is 0.625. The number of amides is 1. The van der Waals surface area contributed by atoms with E-state index in [0.29, 0.717) is 6.54 Å². The van der Waals surface area contributed by atoms with Gasteiger partial charge < -0.3 is 5.32 Å². The highest BCUT2D eigenvalue weighted by atomic mass is 16.6. The van der Waals surface area contributed by atoms with Crippen LogP contribution in [0, 0.1) is 17.0 Å². The van der Waals surface area contributed by atoms with Crippen molar-refractivity contribution < 1.29 is 9.72 Å². The molecule has 0 fully saturated rings. The smallest absolute Gasteiger partial charge is 0.282 e. The number of hydrogen-bond donors (Lipinski definition) is 1. The summed E-state index contributed by atoms with van der Waals surface area (Å²) in [6.07, 6.45) is 0.797. The van der Waals surface area contributed by atoms with Gasteiger partial charge in [0.05, 0.1) is 4.92 Å². The third-order valence-corrected chi connectivity index (χ3v) is 2.13. The molecule has 0 bridgehead atoms. The Kier molecular flexibility index (Phi) is 3.99. The molecule has 0 heterocycles. The molecule has 5 nitrogen and oxygen atoms in total. The van der Waals surface area contributed by atoms with Crippen molar-refractivity contribution in [2.75, 3.05) is 6.54 Å². The summed E-state index contributed by atoms with van der Waals surface area (Å²) >= 11 is 0. The number of nitrogens with one attached hydrogen (secondary N) is 1. The van der Waals surface area contributed by atoms with Gasteiger partial charge >= 0.3 is 0 Å². The molecule has 0 aliphatic carbocycles. The molecule has 1 amide bonds. The normalized spacial score (nSPS) is 9.88. The van der Waals surface area contributed by atoms with Crippen LogP contribution in [0.1, 0.15) is 29.3 Å². The molecule has 0 radical (unpaired) electrons. The number of carbonyl (C=O) groups is 1. The largest absolute Gasteiger partial charge is 0.352 e. The predicted molar refractivity (Wildman–Crippen MR) is 60.5 cm³/mol. The van der Waals surface area contributed by atoms with Crippen LogP contribution in [0.25, 0.3) is 0 Å². The lowest BCUT2D eigenvalue weighted by Crippen LogP contribution is -2.24. The summed E-state index contributed by atoms with van der Waals surface area (Å²) in [6, 6.07) is 4.51. The lowest BCUT2D eigenvalue weighted by Gasteiger charge is -2.05. The molecule has 16 heavy (non-hydrogen) atoms. The number of hydrogen-bond acceptors (Lipinski definition) is 3. The third kappa shape index (κ3) is 2.79. The van der Waals surface area contributed by atoms with E-state index in [2.05, 4.69) is 5.32 Å². The first-order valence-electron chi connectivity index (χ1n) is 5.09. The van der Waals surface area contributed by atoms with E-state index in [1.807, 2.05) is 6.92 Å². The van der Waals surface area contributed by atoms with Crippen molar-refractivity contribution >= 4 is 11.6 Å². The number of nitrogens with zero attached hydrogens (tertiary/aromatic N) is 1. The van der Waals surface area contributed by atoms with E-state index in [0.717, 1.165) is 12.0 Å². The molecule has 0 saturated heterocycles. The number of aryl methyl sites for hydroxylation is 1. The van der Waals surface area contributed by atoms with Gasteiger partial charge in [-0.1, -0.05) is 13.0 Å². The fourth-order valence-corrected chi connectivity index (χ4v) is 1.32. The molecule has 0 aliphatic heterocycles. The van der Waals surface area contributed by atoms with Crippen molar-refractivity contribution in [1.82, 2.24) is 5.32 Å². The molecule has 0 unspecified atom stereocenters. The Labute approximate surface area is 93.6 Å². The molecule has 86 valence electrons. The molecule has 0 aromatic heterocycles. The lowest BCUT2D eigenvalue weighted by molar-refractivity contribution is -0.385. The van der Waals surface area contributed by atoms with Crippen molar-refractivity contribution in [2.24, 2.45) is 0 Å². The topological polar surface area (TPSA) is 72.2 Å². The second-order valence-corrected chi connectivity index (χ2v) is 3.53. The van der Waals surface area contributed by atoms with Gasteiger partial charge in [0, 0.05) is 12.6 Å². The molecule has 1 rings (SSSR count). The number of benzene rings is 1. The van der Waals surface area contributed by atoms with Gasteiger partial charge in [0.15, 0.2) is 0 Å². The highest BCUT2D eigenvalue weighted by molar-refractivity contribution is 5.98. The first kappa shape index (κ1) is 12.2. The second-order valence-electron chi connectivity index (χ2n) is 3.53. The van der Waals surface area contributed by atoms with E-state index in [1.165, 1.54) is 12.1 Å². The maximum Gasteiger partial charge on any atom is 0.282 e. The van der Waals surface area contributed by atoms with Gasteiger partial charge in [-0.25, -0.2) is 0 Å². The minimum atomic E-state index is -0.541. The fourth-order valence-electron chi connectivity index (χ4n) is 1.32. The van der Waals surface area contributed by atoms with E-state index in [4.69, 9.17) is 0 Å². The van der Waals surface area contributed by atoms with E-state index >= 15 is 0 Å². The van der Waals surface area contributed by atoms with Crippen LogP contribution in [0.5, 0.6) is 0 Å². The summed E-state index contributed by atoms with van der Waals surface area (Å²) in [6.45, 7) is 4.23. The van der Waals surface area contributed by atoms with E-state index < -0.39 is 10.8 Å².